The van der Waals surface area contributed by atoms with Crippen LogP contribution in [0.25, 0.3) is 0 Å². The van der Waals surface area contributed by atoms with E-state index in [1.807, 2.05) is 32.9 Å². The van der Waals surface area contributed by atoms with Gasteiger partial charge in [-0.3, -0.25) is 14.4 Å². The predicted molar refractivity (Wildman–Crippen MR) is 85.8 cm³/mol. The summed E-state index contributed by atoms with van der Waals surface area (Å²) in [4.78, 5) is 35.0. The first-order valence-corrected chi connectivity index (χ1v) is 8.52. The highest BCUT2D eigenvalue weighted by molar-refractivity contribution is 5.76. The first-order valence-electron chi connectivity index (χ1n) is 8.52. The molecule has 0 N–H and O–H groups in total. The number of hydrogen-bond acceptors (Lipinski definition) is 6. The molecule has 134 valence electrons. The maximum atomic E-state index is 12.4. The SMILES string of the molecule is CCC(C)(C)C(=O)OCCOC(=O)C1C2C=CC(CC2)C1OC=O. The molecule has 6 nitrogen and oxygen atoms in total. The molecule has 0 saturated heterocycles. The highest BCUT2D eigenvalue weighted by Gasteiger charge is 2.46. The summed E-state index contributed by atoms with van der Waals surface area (Å²) in [5, 5.41) is 0. The van der Waals surface area contributed by atoms with E-state index in [4.69, 9.17) is 14.2 Å². The molecule has 3 aliphatic carbocycles. The van der Waals surface area contributed by atoms with Gasteiger partial charge in [-0.05, 0) is 39.0 Å². The van der Waals surface area contributed by atoms with Crippen LogP contribution >= 0.6 is 0 Å². The third kappa shape index (κ3) is 3.97. The number of esters is 2. The molecule has 0 aromatic rings. The van der Waals surface area contributed by atoms with Crippen molar-refractivity contribution in [3.63, 3.8) is 0 Å². The number of ether oxygens (including phenoxy) is 3. The highest BCUT2D eigenvalue weighted by Crippen LogP contribution is 2.42. The predicted octanol–water partition coefficient (Wildman–Crippen LogP) is 2.26. The molecule has 6 heteroatoms. The Hall–Kier alpha value is -1.85. The van der Waals surface area contributed by atoms with Crippen LogP contribution in [0.4, 0.5) is 0 Å². The second kappa shape index (κ2) is 7.81. The molecule has 0 heterocycles. The lowest BCUT2D eigenvalue weighted by Crippen LogP contribution is -2.47. The molecule has 0 amide bonds. The number of fused-ring (bicyclic) bond motifs is 2. The molecule has 24 heavy (non-hydrogen) atoms. The minimum Gasteiger partial charge on any atom is -0.463 e. The summed E-state index contributed by atoms with van der Waals surface area (Å²) in [6, 6.07) is 0. The Morgan fingerprint density at radius 3 is 2.33 bits per heavy atom. The van der Waals surface area contributed by atoms with Gasteiger partial charge in [-0.15, -0.1) is 0 Å². The zero-order valence-electron chi connectivity index (χ0n) is 14.5. The Morgan fingerprint density at radius 2 is 1.75 bits per heavy atom. The van der Waals surface area contributed by atoms with Crippen LogP contribution in [0.15, 0.2) is 12.2 Å². The average molecular weight is 338 g/mol. The standard InChI is InChI=1S/C18H26O6/c1-4-18(2,3)17(21)23-10-9-22-16(20)14-12-5-7-13(8-6-12)15(14)24-11-19/h5,7,11-15H,4,6,8-10H2,1-3H3. The van der Waals surface area contributed by atoms with Gasteiger partial charge in [-0.1, -0.05) is 19.1 Å². The van der Waals surface area contributed by atoms with Crippen molar-refractivity contribution >= 4 is 18.4 Å². The molecule has 1 saturated carbocycles. The molecule has 0 aromatic heterocycles. The van der Waals surface area contributed by atoms with Crippen LogP contribution in [-0.2, 0) is 28.6 Å². The molecule has 1 fully saturated rings. The topological polar surface area (TPSA) is 78.9 Å². The van der Waals surface area contributed by atoms with Gasteiger partial charge in [0.25, 0.3) is 6.47 Å². The monoisotopic (exact) mass is 338 g/mol. The Kier molecular flexibility index (Phi) is 6.02. The maximum Gasteiger partial charge on any atom is 0.313 e. The van der Waals surface area contributed by atoms with Crippen LogP contribution in [0.1, 0.15) is 40.0 Å². The number of rotatable bonds is 8. The quantitative estimate of drug-likeness (QED) is 0.222. The summed E-state index contributed by atoms with van der Waals surface area (Å²) in [6.45, 7) is 5.98. The lowest BCUT2D eigenvalue weighted by atomic mass is 9.67. The summed E-state index contributed by atoms with van der Waals surface area (Å²) < 4.78 is 15.6. The van der Waals surface area contributed by atoms with Crippen LogP contribution < -0.4 is 0 Å². The van der Waals surface area contributed by atoms with Crippen molar-refractivity contribution in [3.05, 3.63) is 12.2 Å². The minimum atomic E-state index is -0.541. The van der Waals surface area contributed by atoms with Crippen molar-refractivity contribution in [2.45, 2.75) is 46.1 Å². The molecule has 0 spiro atoms. The Balaban J connectivity index is 1.83. The van der Waals surface area contributed by atoms with E-state index < -0.39 is 23.4 Å². The first kappa shape index (κ1) is 18.5. The zero-order valence-corrected chi connectivity index (χ0v) is 14.5. The average Bonchev–Trinajstić information content (AvgIpc) is 2.59. The van der Waals surface area contributed by atoms with Crippen LogP contribution in [0.3, 0.4) is 0 Å². The second-order valence-electron chi connectivity index (χ2n) is 7.05. The van der Waals surface area contributed by atoms with Gasteiger partial charge in [0.05, 0.1) is 5.41 Å². The van der Waals surface area contributed by atoms with Crippen molar-refractivity contribution in [1.29, 1.82) is 0 Å². The van der Waals surface area contributed by atoms with Crippen molar-refractivity contribution < 1.29 is 28.6 Å². The van der Waals surface area contributed by atoms with Crippen LogP contribution in [0.5, 0.6) is 0 Å². The van der Waals surface area contributed by atoms with Gasteiger partial charge < -0.3 is 14.2 Å². The van der Waals surface area contributed by atoms with Crippen molar-refractivity contribution in [1.82, 2.24) is 0 Å². The van der Waals surface area contributed by atoms with Gasteiger partial charge in [-0.25, -0.2) is 0 Å². The molecular weight excluding hydrogens is 312 g/mol. The van der Waals surface area contributed by atoms with Crippen molar-refractivity contribution in [3.8, 4) is 0 Å². The van der Waals surface area contributed by atoms with E-state index in [-0.39, 0.29) is 31.0 Å². The highest BCUT2D eigenvalue weighted by atomic mass is 16.6. The van der Waals surface area contributed by atoms with Crippen LogP contribution in [0.2, 0.25) is 0 Å². The summed E-state index contributed by atoms with van der Waals surface area (Å²) in [6.07, 6.45) is 6.04. The van der Waals surface area contributed by atoms with Gasteiger partial charge in [0.1, 0.15) is 25.2 Å². The molecule has 0 aromatic carbocycles. The van der Waals surface area contributed by atoms with E-state index in [9.17, 15) is 14.4 Å². The van der Waals surface area contributed by atoms with Gasteiger partial charge in [-0.2, -0.15) is 0 Å². The fraction of sp³-hybridized carbons (Fsp3) is 0.722. The maximum absolute atomic E-state index is 12.4. The Bertz CT molecular complexity index is 510. The fourth-order valence-corrected chi connectivity index (χ4v) is 3.22. The van der Waals surface area contributed by atoms with Gasteiger partial charge in [0.15, 0.2) is 0 Å². The fourth-order valence-electron chi connectivity index (χ4n) is 3.22. The summed E-state index contributed by atoms with van der Waals surface area (Å²) >= 11 is 0. The second-order valence-corrected chi connectivity index (χ2v) is 7.05. The third-order valence-electron chi connectivity index (χ3n) is 5.16. The number of hydrogen-bond donors (Lipinski definition) is 0. The largest absolute Gasteiger partial charge is 0.463 e. The zero-order chi connectivity index (χ0) is 17.7. The van der Waals surface area contributed by atoms with E-state index in [0.717, 1.165) is 12.8 Å². The molecular formula is C18H26O6. The summed E-state index contributed by atoms with van der Waals surface area (Å²) in [5.74, 6) is -1.06. The van der Waals surface area contributed by atoms with Gasteiger partial charge in [0.2, 0.25) is 0 Å². The smallest absolute Gasteiger partial charge is 0.313 e. The van der Waals surface area contributed by atoms with E-state index in [2.05, 4.69) is 0 Å². The number of allylic oxidation sites excluding steroid dienone is 1. The molecule has 0 radical (unpaired) electrons. The van der Waals surface area contributed by atoms with E-state index in [0.29, 0.717) is 12.9 Å². The lowest BCUT2D eigenvalue weighted by molar-refractivity contribution is -0.169. The number of carbonyl (C=O) groups excluding carboxylic acids is 3. The minimum absolute atomic E-state index is 0.00970. The van der Waals surface area contributed by atoms with Gasteiger partial charge in [0, 0.05) is 5.92 Å². The van der Waals surface area contributed by atoms with Gasteiger partial charge >= 0.3 is 11.9 Å². The van der Waals surface area contributed by atoms with E-state index in [1.165, 1.54) is 0 Å². The summed E-state index contributed by atoms with van der Waals surface area (Å²) in [7, 11) is 0. The Morgan fingerprint density at radius 1 is 1.12 bits per heavy atom. The molecule has 3 rings (SSSR count). The summed E-state index contributed by atoms with van der Waals surface area (Å²) in [5.41, 5.74) is -0.541. The van der Waals surface area contributed by atoms with Crippen LogP contribution in [0, 0.1) is 23.2 Å². The molecule has 4 unspecified atom stereocenters. The van der Waals surface area contributed by atoms with Crippen molar-refractivity contribution in [2.75, 3.05) is 13.2 Å². The van der Waals surface area contributed by atoms with Crippen molar-refractivity contribution in [2.24, 2.45) is 23.2 Å². The molecule has 2 bridgehead atoms. The van der Waals surface area contributed by atoms with E-state index in [1.54, 1.807) is 0 Å². The molecule has 4 atom stereocenters. The molecule has 0 aliphatic heterocycles. The Labute approximate surface area is 142 Å². The first-order chi connectivity index (χ1) is 11.4. The van der Waals surface area contributed by atoms with Crippen LogP contribution in [-0.4, -0.2) is 37.7 Å². The normalized spacial score (nSPS) is 28.3. The van der Waals surface area contributed by atoms with E-state index >= 15 is 0 Å². The lowest BCUT2D eigenvalue weighted by Gasteiger charge is -2.42. The third-order valence-corrected chi connectivity index (χ3v) is 5.16. The molecule has 3 aliphatic rings. The number of carbonyl (C=O) groups is 3.